The van der Waals surface area contributed by atoms with Gasteiger partial charge in [0.15, 0.2) is 5.82 Å². The molecule has 0 aliphatic rings. The van der Waals surface area contributed by atoms with Gasteiger partial charge in [-0.15, -0.1) is 0 Å². The summed E-state index contributed by atoms with van der Waals surface area (Å²) >= 11 is 0. The highest BCUT2D eigenvalue weighted by atomic mass is 16.5. The molecule has 1 aromatic carbocycles. The highest BCUT2D eigenvalue weighted by Crippen LogP contribution is 2.17. The van der Waals surface area contributed by atoms with Crippen molar-refractivity contribution in [3.05, 3.63) is 35.7 Å². The van der Waals surface area contributed by atoms with Gasteiger partial charge in [-0.25, -0.2) is 0 Å². The van der Waals surface area contributed by atoms with Crippen molar-refractivity contribution >= 4 is 5.91 Å². The minimum atomic E-state index is -0.473. The van der Waals surface area contributed by atoms with Gasteiger partial charge < -0.3 is 10.3 Å². The van der Waals surface area contributed by atoms with E-state index in [9.17, 15) is 4.79 Å². The number of hydrogen-bond acceptors (Lipinski definition) is 4. The van der Waals surface area contributed by atoms with Crippen LogP contribution in [0.5, 0.6) is 0 Å². The fourth-order valence-corrected chi connectivity index (χ4v) is 1.48. The molecule has 88 valence electrons. The third-order valence-corrected chi connectivity index (χ3v) is 2.41. The van der Waals surface area contributed by atoms with Crippen LogP contribution in [0.15, 0.2) is 28.8 Å². The summed E-state index contributed by atoms with van der Waals surface area (Å²) in [7, 11) is 0. The molecular weight excluding hydrogens is 218 g/mol. The Morgan fingerprint density at radius 3 is 2.65 bits per heavy atom. The number of benzene rings is 1. The maximum absolute atomic E-state index is 10.7. The maximum atomic E-state index is 10.7. The molecule has 1 aromatic heterocycles. The number of carbonyl (C=O) groups is 1. The minimum absolute atomic E-state index is 0.00343. The molecule has 2 aromatic rings. The predicted molar refractivity (Wildman–Crippen MR) is 62.0 cm³/mol. The van der Waals surface area contributed by atoms with Crippen LogP contribution in [-0.4, -0.2) is 16.0 Å². The van der Waals surface area contributed by atoms with E-state index in [4.69, 9.17) is 10.3 Å². The summed E-state index contributed by atoms with van der Waals surface area (Å²) in [5, 5.41) is 3.69. The Labute approximate surface area is 98.6 Å². The molecule has 0 spiro atoms. The van der Waals surface area contributed by atoms with E-state index in [0.717, 1.165) is 12.0 Å². The molecule has 0 aliphatic heterocycles. The van der Waals surface area contributed by atoms with Gasteiger partial charge in [-0.2, -0.15) is 4.98 Å². The van der Waals surface area contributed by atoms with Crippen molar-refractivity contribution in [3.63, 3.8) is 0 Å². The summed E-state index contributed by atoms with van der Waals surface area (Å²) in [6, 6.07) is 7.85. The van der Waals surface area contributed by atoms with Crippen LogP contribution in [0.3, 0.4) is 0 Å². The summed E-state index contributed by atoms with van der Waals surface area (Å²) in [4.78, 5) is 14.8. The van der Waals surface area contributed by atoms with E-state index in [1.807, 2.05) is 24.3 Å². The van der Waals surface area contributed by atoms with Gasteiger partial charge in [0, 0.05) is 5.56 Å². The van der Waals surface area contributed by atoms with E-state index in [0.29, 0.717) is 11.7 Å². The van der Waals surface area contributed by atoms with Gasteiger partial charge in [0.25, 0.3) is 5.89 Å². The molecule has 0 saturated heterocycles. The van der Waals surface area contributed by atoms with Gasteiger partial charge in [0.1, 0.15) is 0 Å². The molecule has 17 heavy (non-hydrogen) atoms. The zero-order valence-electron chi connectivity index (χ0n) is 9.51. The van der Waals surface area contributed by atoms with Gasteiger partial charge >= 0.3 is 0 Å². The van der Waals surface area contributed by atoms with Crippen LogP contribution >= 0.6 is 0 Å². The summed E-state index contributed by atoms with van der Waals surface area (Å²) in [5.74, 6) is 0.245. The molecule has 0 aliphatic carbocycles. The van der Waals surface area contributed by atoms with Gasteiger partial charge in [-0.3, -0.25) is 4.79 Å². The average molecular weight is 231 g/mol. The third-order valence-electron chi connectivity index (χ3n) is 2.41. The highest BCUT2D eigenvalue weighted by Gasteiger charge is 2.10. The van der Waals surface area contributed by atoms with Crippen molar-refractivity contribution in [1.82, 2.24) is 10.1 Å². The third kappa shape index (κ3) is 2.69. The molecule has 1 amide bonds. The summed E-state index contributed by atoms with van der Waals surface area (Å²) < 4.78 is 5.06. The Kier molecular flexibility index (Phi) is 3.18. The van der Waals surface area contributed by atoms with Crippen LogP contribution in [-0.2, 0) is 17.6 Å². The fourth-order valence-electron chi connectivity index (χ4n) is 1.48. The number of aromatic nitrogens is 2. The number of hydrogen-bond donors (Lipinski definition) is 1. The van der Waals surface area contributed by atoms with Gasteiger partial charge in [0.05, 0.1) is 6.42 Å². The molecule has 5 nitrogen and oxygen atoms in total. The normalized spacial score (nSPS) is 10.4. The quantitative estimate of drug-likeness (QED) is 0.860. The first-order chi connectivity index (χ1) is 8.19. The first kappa shape index (κ1) is 11.3. The zero-order valence-corrected chi connectivity index (χ0v) is 9.51. The number of nitrogens with zero attached hydrogens (tertiary/aromatic N) is 2. The lowest BCUT2D eigenvalue weighted by molar-refractivity contribution is -0.117. The van der Waals surface area contributed by atoms with E-state index in [1.54, 1.807) is 0 Å². The number of rotatable bonds is 4. The second-order valence-electron chi connectivity index (χ2n) is 3.71. The number of carbonyl (C=O) groups excluding carboxylic acids is 1. The molecule has 0 fully saturated rings. The highest BCUT2D eigenvalue weighted by molar-refractivity contribution is 5.75. The van der Waals surface area contributed by atoms with Gasteiger partial charge in [0.2, 0.25) is 5.91 Å². The molecule has 0 saturated carbocycles. The van der Waals surface area contributed by atoms with Crippen molar-refractivity contribution in [2.45, 2.75) is 19.8 Å². The summed E-state index contributed by atoms with van der Waals surface area (Å²) in [5.41, 5.74) is 7.13. The first-order valence-electron chi connectivity index (χ1n) is 5.39. The Balaban J connectivity index is 2.21. The average Bonchev–Trinajstić information content (AvgIpc) is 2.77. The van der Waals surface area contributed by atoms with Crippen molar-refractivity contribution < 1.29 is 9.32 Å². The van der Waals surface area contributed by atoms with Crippen LogP contribution in [0.1, 0.15) is 18.3 Å². The SMILES string of the molecule is CCc1ccc(-c2nc(CC(N)=O)no2)cc1. The largest absolute Gasteiger partial charge is 0.369 e. The van der Waals surface area contributed by atoms with Crippen LogP contribution in [0.2, 0.25) is 0 Å². The molecular formula is C12H13N3O2. The molecule has 2 N–H and O–H groups in total. The van der Waals surface area contributed by atoms with Crippen LogP contribution in [0.25, 0.3) is 11.5 Å². The lowest BCUT2D eigenvalue weighted by Gasteiger charge is -1.96. The summed E-state index contributed by atoms with van der Waals surface area (Å²) in [6.45, 7) is 2.09. The van der Waals surface area contributed by atoms with Crippen LogP contribution < -0.4 is 5.73 Å². The zero-order chi connectivity index (χ0) is 12.3. The Morgan fingerprint density at radius 2 is 2.06 bits per heavy atom. The molecule has 0 radical (unpaired) electrons. The fraction of sp³-hybridized carbons (Fsp3) is 0.250. The Bertz CT molecular complexity index is 517. The molecule has 0 atom stereocenters. The van der Waals surface area contributed by atoms with Crippen LogP contribution in [0.4, 0.5) is 0 Å². The lowest BCUT2D eigenvalue weighted by Crippen LogP contribution is -2.14. The number of amides is 1. The topological polar surface area (TPSA) is 82.0 Å². The second kappa shape index (κ2) is 4.78. The van der Waals surface area contributed by atoms with Crippen molar-refractivity contribution in [3.8, 4) is 11.5 Å². The van der Waals surface area contributed by atoms with Gasteiger partial charge in [-0.05, 0) is 24.1 Å². The Hall–Kier alpha value is -2.17. The molecule has 1 heterocycles. The van der Waals surface area contributed by atoms with Crippen molar-refractivity contribution in [2.75, 3.05) is 0 Å². The number of primary amides is 1. The molecule has 0 bridgehead atoms. The molecule has 0 unspecified atom stereocenters. The van der Waals surface area contributed by atoms with Crippen molar-refractivity contribution in [1.29, 1.82) is 0 Å². The van der Waals surface area contributed by atoms with Crippen LogP contribution in [0, 0.1) is 0 Å². The number of aryl methyl sites for hydroxylation is 1. The number of nitrogens with two attached hydrogens (primary N) is 1. The van der Waals surface area contributed by atoms with Gasteiger partial charge in [-0.1, -0.05) is 24.2 Å². The van der Waals surface area contributed by atoms with E-state index in [-0.39, 0.29) is 6.42 Å². The minimum Gasteiger partial charge on any atom is -0.369 e. The van der Waals surface area contributed by atoms with Crippen molar-refractivity contribution in [2.24, 2.45) is 5.73 Å². The molecule has 5 heteroatoms. The van der Waals surface area contributed by atoms with E-state index in [1.165, 1.54) is 5.56 Å². The Morgan fingerprint density at radius 1 is 1.35 bits per heavy atom. The summed E-state index contributed by atoms with van der Waals surface area (Å²) in [6.07, 6.45) is 0.980. The van der Waals surface area contributed by atoms with E-state index >= 15 is 0 Å². The smallest absolute Gasteiger partial charge is 0.257 e. The molecule has 2 rings (SSSR count). The predicted octanol–water partition coefficient (Wildman–Crippen LogP) is 1.33. The first-order valence-corrected chi connectivity index (χ1v) is 5.39. The standard InChI is InChI=1S/C12H13N3O2/c1-2-8-3-5-9(6-4-8)12-14-11(15-17-12)7-10(13)16/h3-6H,2,7H2,1H3,(H2,13,16). The van der Waals surface area contributed by atoms with E-state index in [2.05, 4.69) is 17.1 Å². The maximum Gasteiger partial charge on any atom is 0.257 e. The lowest BCUT2D eigenvalue weighted by atomic mass is 10.1. The second-order valence-corrected chi connectivity index (χ2v) is 3.71. The monoisotopic (exact) mass is 231 g/mol. The van der Waals surface area contributed by atoms with E-state index < -0.39 is 5.91 Å².